The first-order chi connectivity index (χ1) is 13.4. The first kappa shape index (κ1) is 19.9. The van der Waals surface area contributed by atoms with Crippen LogP contribution in [0.25, 0.3) is 6.08 Å². The van der Waals surface area contributed by atoms with Crippen LogP contribution >= 0.6 is 22.6 Å². The summed E-state index contributed by atoms with van der Waals surface area (Å²) in [6, 6.07) is 10.7. The Kier molecular flexibility index (Phi) is 5.98. The second-order valence-electron chi connectivity index (χ2n) is 5.69. The Bertz CT molecular complexity index is 969. The van der Waals surface area contributed by atoms with Crippen LogP contribution in [-0.4, -0.2) is 32.1 Å². The van der Waals surface area contributed by atoms with Crippen LogP contribution in [0.1, 0.15) is 18.1 Å². The monoisotopic (exact) mass is 493 g/mol. The summed E-state index contributed by atoms with van der Waals surface area (Å²) in [5.41, 5.74) is 1.42. The Morgan fingerprint density at radius 1 is 1.11 bits per heavy atom. The highest BCUT2D eigenvalue weighted by atomic mass is 127. The minimum Gasteiger partial charge on any atom is -0.493 e. The molecular weight excluding hydrogens is 477 g/mol. The lowest BCUT2D eigenvalue weighted by atomic mass is 10.1. The normalized spacial score (nSPS) is 14.5. The van der Waals surface area contributed by atoms with E-state index in [9.17, 15) is 9.59 Å². The van der Waals surface area contributed by atoms with Crippen molar-refractivity contribution in [2.45, 2.75) is 6.92 Å². The van der Waals surface area contributed by atoms with Crippen molar-refractivity contribution in [1.82, 2.24) is 0 Å². The van der Waals surface area contributed by atoms with E-state index in [1.807, 2.05) is 24.3 Å². The topological polar surface area (TPSA) is 83.4 Å². The van der Waals surface area contributed by atoms with Gasteiger partial charge in [-0.25, -0.2) is 9.79 Å². The van der Waals surface area contributed by atoms with Gasteiger partial charge < -0.3 is 18.9 Å². The Balaban J connectivity index is 1.99. The van der Waals surface area contributed by atoms with Crippen LogP contribution in [0.5, 0.6) is 17.2 Å². The van der Waals surface area contributed by atoms with Gasteiger partial charge in [0.25, 0.3) is 0 Å². The van der Waals surface area contributed by atoms with Crippen molar-refractivity contribution in [3.8, 4) is 17.2 Å². The van der Waals surface area contributed by atoms with E-state index >= 15 is 0 Å². The maximum absolute atomic E-state index is 12.2. The van der Waals surface area contributed by atoms with E-state index in [4.69, 9.17) is 18.9 Å². The molecule has 0 unspecified atom stereocenters. The van der Waals surface area contributed by atoms with Gasteiger partial charge in [-0.3, -0.25) is 4.79 Å². The molecule has 0 aliphatic carbocycles. The first-order valence-electron chi connectivity index (χ1n) is 8.14. The Morgan fingerprint density at radius 3 is 2.25 bits per heavy atom. The molecule has 0 aromatic heterocycles. The molecular formula is C20H16INO6. The molecule has 0 saturated carbocycles. The Morgan fingerprint density at radius 2 is 1.71 bits per heavy atom. The number of hydrogen-bond acceptors (Lipinski definition) is 7. The summed E-state index contributed by atoms with van der Waals surface area (Å²) in [5, 5.41) is 0. The lowest BCUT2D eigenvalue weighted by Crippen LogP contribution is -2.05. The van der Waals surface area contributed by atoms with Crippen molar-refractivity contribution >= 4 is 46.5 Å². The molecule has 0 spiro atoms. The molecule has 2 aromatic rings. The summed E-state index contributed by atoms with van der Waals surface area (Å²) in [5.74, 6) is -0.0894. The third kappa shape index (κ3) is 4.33. The highest BCUT2D eigenvalue weighted by molar-refractivity contribution is 14.1. The molecule has 2 aromatic carbocycles. The predicted molar refractivity (Wildman–Crippen MR) is 111 cm³/mol. The first-order valence-corrected chi connectivity index (χ1v) is 9.22. The fourth-order valence-corrected chi connectivity index (χ4v) is 2.87. The van der Waals surface area contributed by atoms with Gasteiger partial charge in [-0.2, -0.15) is 0 Å². The number of esters is 2. The largest absolute Gasteiger partial charge is 0.493 e. The van der Waals surface area contributed by atoms with Crippen LogP contribution in [0.4, 0.5) is 0 Å². The van der Waals surface area contributed by atoms with Crippen molar-refractivity contribution < 1.29 is 28.5 Å². The molecule has 0 amide bonds. The van der Waals surface area contributed by atoms with E-state index in [1.54, 1.807) is 18.2 Å². The Labute approximate surface area is 175 Å². The molecule has 0 fully saturated rings. The number of rotatable bonds is 5. The smallest absolute Gasteiger partial charge is 0.363 e. The number of nitrogens with zero attached hydrogens (tertiary/aromatic N) is 1. The summed E-state index contributed by atoms with van der Waals surface area (Å²) < 4.78 is 22.1. The van der Waals surface area contributed by atoms with Gasteiger partial charge >= 0.3 is 11.9 Å². The molecule has 0 bridgehead atoms. The van der Waals surface area contributed by atoms with E-state index in [-0.39, 0.29) is 28.8 Å². The van der Waals surface area contributed by atoms with Crippen LogP contribution in [-0.2, 0) is 14.3 Å². The van der Waals surface area contributed by atoms with Gasteiger partial charge in [-0.1, -0.05) is 0 Å². The van der Waals surface area contributed by atoms with E-state index in [0.717, 1.165) is 3.57 Å². The van der Waals surface area contributed by atoms with Crippen LogP contribution in [0, 0.1) is 3.57 Å². The summed E-state index contributed by atoms with van der Waals surface area (Å²) in [7, 11) is 2.88. The molecule has 8 heteroatoms. The summed E-state index contributed by atoms with van der Waals surface area (Å²) in [6.07, 6.45) is 1.55. The number of methoxy groups -OCH3 is 2. The maximum atomic E-state index is 12.2. The van der Waals surface area contributed by atoms with Gasteiger partial charge in [0.05, 0.1) is 14.2 Å². The van der Waals surface area contributed by atoms with Crippen molar-refractivity contribution in [2.24, 2.45) is 4.99 Å². The number of halogens is 1. The predicted octanol–water partition coefficient (Wildman–Crippen LogP) is 3.58. The molecule has 0 atom stereocenters. The van der Waals surface area contributed by atoms with Gasteiger partial charge in [-0.15, -0.1) is 0 Å². The second kappa shape index (κ2) is 8.42. The van der Waals surface area contributed by atoms with Crippen molar-refractivity contribution in [3.63, 3.8) is 0 Å². The summed E-state index contributed by atoms with van der Waals surface area (Å²) in [4.78, 5) is 27.8. The zero-order valence-electron chi connectivity index (χ0n) is 15.3. The van der Waals surface area contributed by atoms with E-state index in [0.29, 0.717) is 11.1 Å². The number of benzene rings is 2. The molecule has 0 N–H and O–H groups in total. The molecule has 1 heterocycles. The molecule has 144 valence electrons. The second-order valence-corrected chi connectivity index (χ2v) is 6.94. The molecule has 1 aliphatic rings. The molecule has 7 nitrogen and oxygen atoms in total. The number of carbonyl (C=O) groups is 2. The van der Waals surface area contributed by atoms with E-state index < -0.39 is 11.9 Å². The zero-order chi connectivity index (χ0) is 20.3. The molecule has 1 aliphatic heterocycles. The Hall–Kier alpha value is -2.88. The highest BCUT2D eigenvalue weighted by Crippen LogP contribution is 2.39. The standard InChI is InChI=1S/C20H16INO6/c1-11(23)27-18-16(25-2)9-12(10-17(18)26-3)8-15-20(24)28-19(22-15)13-4-6-14(21)7-5-13/h4-10H,1-3H3. The minimum absolute atomic E-state index is 0.137. The fourth-order valence-electron chi connectivity index (χ4n) is 2.51. The number of hydrogen-bond donors (Lipinski definition) is 0. The van der Waals surface area contributed by atoms with Crippen molar-refractivity contribution in [1.29, 1.82) is 0 Å². The quantitative estimate of drug-likeness (QED) is 0.274. The van der Waals surface area contributed by atoms with Gasteiger partial charge in [0.1, 0.15) is 0 Å². The third-order valence-electron chi connectivity index (χ3n) is 3.74. The van der Waals surface area contributed by atoms with Crippen molar-refractivity contribution in [3.05, 3.63) is 56.8 Å². The van der Waals surface area contributed by atoms with Crippen molar-refractivity contribution in [2.75, 3.05) is 14.2 Å². The number of aliphatic imine (C=N–C) groups is 1. The zero-order valence-corrected chi connectivity index (χ0v) is 17.5. The molecule has 28 heavy (non-hydrogen) atoms. The average molecular weight is 493 g/mol. The molecule has 0 radical (unpaired) electrons. The number of carbonyl (C=O) groups excluding carboxylic acids is 2. The SMILES string of the molecule is COc1cc(C=C2N=C(c3ccc(I)cc3)OC2=O)cc(OC)c1OC(C)=O. The average Bonchev–Trinajstić information content (AvgIpc) is 3.03. The van der Waals surface area contributed by atoms with Gasteiger partial charge in [-0.05, 0) is 70.6 Å². The van der Waals surface area contributed by atoms with E-state index in [1.165, 1.54) is 21.1 Å². The molecule has 3 rings (SSSR count). The highest BCUT2D eigenvalue weighted by Gasteiger charge is 2.25. The van der Waals surface area contributed by atoms with Gasteiger partial charge in [0, 0.05) is 16.1 Å². The van der Waals surface area contributed by atoms with E-state index in [2.05, 4.69) is 27.6 Å². The third-order valence-corrected chi connectivity index (χ3v) is 4.46. The van der Waals surface area contributed by atoms with Crippen LogP contribution in [0.2, 0.25) is 0 Å². The summed E-state index contributed by atoms with van der Waals surface area (Å²) >= 11 is 2.19. The fraction of sp³-hybridized carbons (Fsp3) is 0.150. The minimum atomic E-state index is -0.560. The number of cyclic esters (lactones) is 1. The summed E-state index contributed by atoms with van der Waals surface area (Å²) in [6.45, 7) is 1.28. The van der Waals surface area contributed by atoms with Gasteiger partial charge in [0.15, 0.2) is 17.2 Å². The molecule has 0 saturated heterocycles. The lowest BCUT2D eigenvalue weighted by Gasteiger charge is -2.13. The lowest BCUT2D eigenvalue weighted by molar-refractivity contribution is -0.132. The van der Waals surface area contributed by atoms with Gasteiger partial charge in [0.2, 0.25) is 11.6 Å². The van der Waals surface area contributed by atoms with Crippen LogP contribution < -0.4 is 14.2 Å². The van der Waals surface area contributed by atoms with Crippen LogP contribution in [0.3, 0.4) is 0 Å². The maximum Gasteiger partial charge on any atom is 0.363 e. The number of ether oxygens (including phenoxy) is 4. The van der Waals surface area contributed by atoms with Crippen LogP contribution in [0.15, 0.2) is 47.1 Å².